The Balaban J connectivity index is 1.35. The Hall–Kier alpha value is -3.17. The standard InChI is InChI=1S/C19H24N7O8P/c20-11(5-9-1-3-10(27)4-2-9)18(30)25-35(31,32)33-6-12-14(28)15(29)19(34-12)26-8-24-13-16(21)22-7-23-17(13)26/h1-4,7-8,11-12,14-15,19,27-29H,5-6,20H2,(H2,21,22,23)(H2,25,30,31,32)/t11-,12-,14-,15-,19-/m1/s1. The average molecular weight is 509 g/mol. The summed E-state index contributed by atoms with van der Waals surface area (Å²) < 4.78 is 24.0. The van der Waals surface area contributed by atoms with Crippen molar-refractivity contribution in [3.63, 3.8) is 0 Å². The van der Waals surface area contributed by atoms with Crippen LogP contribution in [0.2, 0.25) is 0 Å². The van der Waals surface area contributed by atoms with Crippen LogP contribution in [0.25, 0.3) is 11.2 Å². The lowest BCUT2D eigenvalue weighted by Gasteiger charge is -2.26. The lowest BCUT2D eigenvalue weighted by atomic mass is 10.1. The summed E-state index contributed by atoms with van der Waals surface area (Å²) >= 11 is 0. The largest absolute Gasteiger partial charge is 0.762 e. The van der Waals surface area contributed by atoms with E-state index in [9.17, 15) is 29.6 Å². The van der Waals surface area contributed by atoms with Crippen LogP contribution in [0.5, 0.6) is 5.75 Å². The second-order valence-corrected chi connectivity index (χ2v) is 9.44. The number of aliphatic hydroxyl groups excluding tert-OH is 2. The van der Waals surface area contributed by atoms with E-state index >= 15 is 0 Å². The van der Waals surface area contributed by atoms with Crippen molar-refractivity contribution in [1.82, 2.24) is 24.6 Å². The van der Waals surface area contributed by atoms with Gasteiger partial charge in [-0.3, -0.25) is 19.0 Å². The fraction of sp³-hybridized carbons (Fsp3) is 0.368. The number of hydrogen-bond acceptors (Lipinski definition) is 12. The van der Waals surface area contributed by atoms with Crippen LogP contribution in [-0.2, 0) is 25.0 Å². The van der Waals surface area contributed by atoms with Gasteiger partial charge in [-0.25, -0.2) is 15.0 Å². The summed E-state index contributed by atoms with van der Waals surface area (Å²) in [6, 6.07) is 5.07. The number of benzene rings is 1. The van der Waals surface area contributed by atoms with E-state index in [1.54, 1.807) is 17.2 Å². The van der Waals surface area contributed by atoms with Gasteiger partial charge in [0.1, 0.15) is 35.9 Å². The number of nitrogens with zero attached hydrogens (tertiary/aromatic N) is 4. The molecule has 9 N–H and O–H groups in total. The molecule has 4 rings (SSSR count). The van der Waals surface area contributed by atoms with Crippen LogP contribution < -0.4 is 21.4 Å². The molecular formula is C19H24N7O8P. The average Bonchev–Trinajstić information content (AvgIpc) is 3.36. The Morgan fingerprint density at radius 3 is 2.71 bits per heavy atom. The number of ether oxygens (including phenoxy) is 1. The van der Waals surface area contributed by atoms with E-state index < -0.39 is 50.8 Å². The van der Waals surface area contributed by atoms with Gasteiger partial charge in [0.2, 0.25) is 7.75 Å². The summed E-state index contributed by atoms with van der Waals surface area (Å²) in [4.78, 5) is 36.5. The van der Waals surface area contributed by atoms with Crippen molar-refractivity contribution in [2.45, 2.75) is 37.0 Å². The molecule has 35 heavy (non-hydrogen) atoms. The van der Waals surface area contributed by atoms with Crippen molar-refractivity contribution in [2.75, 3.05) is 12.3 Å². The molecule has 1 saturated heterocycles. The van der Waals surface area contributed by atoms with E-state index in [0.29, 0.717) is 5.56 Å². The maximum absolute atomic E-state index is 12.3. The number of nitrogens with one attached hydrogen (secondary N) is 1. The second-order valence-electron chi connectivity index (χ2n) is 7.97. The van der Waals surface area contributed by atoms with Crippen molar-refractivity contribution >= 4 is 30.6 Å². The molecule has 188 valence electrons. The summed E-state index contributed by atoms with van der Waals surface area (Å²) in [7, 11) is -4.90. The number of amides is 1. The zero-order valence-corrected chi connectivity index (χ0v) is 19.1. The van der Waals surface area contributed by atoms with Crippen molar-refractivity contribution < 1.29 is 44.6 Å². The minimum absolute atomic E-state index is 0.0542. The number of carbonyl (C=O) groups excluding carboxylic acids is 1. The van der Waals surface area contributed by atoms with Gasteiger partial charge in [-0.2, -0.15) is 0 Å². The molecule has 0 bridgehead atoms. The molecule has 3 heterocycles. The SMILES string of the molecule is Nc1ncnc2c1ncn2[C@@H]1O[C@H](COP(=O)([O-])NC(=O)[C@H]([NH3+])Cc2ccc(O)cc2)[C@@H](O)[C@H]1O. The van der Waals surface area contributed by atoms with E-state index in [0.717, 1.165) is 0 Å². The van der Waals surface area contributed by atoms with Crippen LogP contribution in [0, 0.1) is 0 Å². The van der Waals surface area contributed by atoms with Crippen LogP contribution in [-0.4, -0.2) is 71.7 Å². The summed E-state index contributed by atoms with van der Waals surface area (Å²) in [6.45, 7) is -0.681. The molecule has 3 aromatic rings. The Morgan fingerprint density at radius 2 is 2.00 bits per heavy atom. The number of imidazole rings is 1. The van der Waals surface area contributed by atoms with Gasteiger partial charge in [-0.05, 0) is 17.7 Å². The summed E-state index contributed by atoms with van der Waals surface area (Å²) in [5.74, 6) is -0.734. The number of hydrogen-bond donors (Lipinski definition) is 6. The lowest BCUT2D eigenvalue weighted by Crippen LogP contribution is -2.68. The topological polar surface area (TPSA) is 246 Å². The van der Waals surface area contributed by atoms with Crippen molar-refractivity contribution in [3.05, 3.63) is 42.5 Å². The van der Waals surface area contributed by atoms with Crippen LogP contribution >= 0.6 is 7.75 Å². The maximum atomic E-state index is 12.3. The van der Waals surface area contributed by atoms with Crippen molar-refractivity contribution in [1.29, 1.82) is 0 Å². The van der Waals surface area contributed by atoms with Crippen LogP contribution in [0.1, 0.15) is 11.8 Å². The number of aromatic nitrogens is 4. The van der Waals surface area contributed by atoms with Crippen LogP contribution in [0.15, 0.2) is 36.9 Å². The molecule has 1 aliphatic heterocycles. The zero-order valence-electron chi connectivity index (χ0n) is 18.2. The molecule has 0 radical (unpaired) electrons. The number of rotatable bonds is 8. The third kappa shape index (κ3) is 5.41. The van der Waals surface area contributed by atoms with Gasteiger partial charge in [0.25, 0.3) is 5.91 Å². The highest BCUT2D eigenvalue weighted by Gasteiger charge is 2.45. The minimum Gasteiger partial charge on any atom is -0.762 e. The van der Waals surface area contributed by atoms with Gasteiger partial charge in [0, 0.05) is 6.42 Å². The Bertz CT molecular complexity index is 1260. The van der Waals surface area contributed by atoms with Crippen LogP contribution in [0.3, 0.4) is 0 Å². The number of quaternary nitrogens is 1. The fourth-order valence-electron chi connectivity index (χ4n) is 3.59. The van der Waals surface area contributed by atoms with Gasteiger partial charge in [-0.15, -0.1) is 0 Å². The molecule has 0 aliphatic carbocycles. The summed E-state index contributed by atoms with van der Waals surface area (Å²) in [5.41, 5.74) is 10.6. The highest BCUT2D eigenvalue weighted by atomic mass is 31.2. The van der Waals surface area contributed by atoms with Gasteiger partial charge in [0.05, 0.1) is 12.9 Å². The van der Waals surface area contributed by atoms with Crippen molar-refractivity contribution in [2.24, 2.45) is 0 Å². The molecule has 2 aromatic heterocycles. The minimum atomic E-state index is -4.90. The van der Waals surface area contributed by atoms with E-state index in [2.05, 4.69) is 20.7 Å². The molecule has 6 atom stereocenters. The number of fused-ring (bicyclic) bond motifs is 1. The maximum Gasteiger partial charge on any atom is 0.284 e. The van der Waals surface area contributed by atoms with E-state index in [1.807, 2.05) is 0 Å². The molecule has 16 heteroatoms. The first-order valence-corrected chi connectivity index (χ1v) is 11.9. The third-order valence-electron chi connectivity index (χ3n) is 5.44. The Morgan fingerprint density at radius 1 is 1.29 bits per heavy atom. The zero-order chi connectivity index (χ0) is 25.3. The van der Waals surface area contributed by atoms with E-state index in [-0.39, 0.29) is 29.2 Å². The molecule has 0 spiro atoms. The molecular weight excluding hydrogens is 485 g/mol. The van der Waals surface area contributed by atoms with Gasteiger partial charge in [-0.1, -0.05) is 12.1 Å². The number of carbonyl (C=O) groups is 1. The summed E-state index contributed by atoms with van der Waals surface area (Å²) in [5, 5.41) is 31.9. The number of aromatic hydroxyl groups is 1. The first-order chi connectivity index (χ1) is 16.6. The monoisotopic (exact) mass is 509 g/mol. The highest BCUT2D eigenvalue weighted by molar-refractivity contribution is 7.49. The molecule has 1 aromatic carbocycles. The second kappa shape index (κ2) is 9.83. The smallest absolute Gasteiger partial charge is 0.284 e. The molecule has 15 nitrogen and oxygen atoms in total. The number of nitrogens with two attached hydrogens (primary N) is 1. The van der Waals surface area contributed by atoms with Gasteiger partial charge >= 0.3 is 0 Å². The number of aliphatic hydroxyl groups is 2. The number of anilines is 1. The first kappa shape index (κ1) is 24.9. The first-order valence-electron chi connectivity index (χ1n) is 10.4. The van der Waals surface area contributed by atoms with Gasteiger partial charge < -0.3 is 40.9 Å². The molecule has 0 saturated carbocycles. The number of nitrogen functional groups attached to an aromatic ring is 1. The predicted molar refractivity (Wildman–Crippen MR) is 116 cm³/mol. The molecule has 1 aliphatic rings. The number of phenols is 1. The molecule has 1 fully saturated rings. The number of phenolic OH excluding ortho intramolecular Hbond substituents is 1. The van der Waals surface area contributed by atoms with Crippen molar-refractivity contribution in [3.8, 4) is 5.75 Å². The molecule has 1 amide bonds. The van der Waals surface area contributed by atoms with E-state index in [1.165, 1.54) is 29.4 Å². The third-order valence-corrected chi connectivity index (χ3v) is 6.43. The lowest BCUT2D eigenvalue weighted by molar-refractivity contribution is -0.403. The quantitative estimate of drug-likeness (QED) is 0.168. The Kier molecular flexibility index (Phi) is 7.00. The Labute approximate surface area is 197 Å². The summed E-state index contributed by atoms with van der Waals surface area (Å²) in [6.07, 6.45) is -2.78. The van der Waals surface area contributed by atoms with E-state index in [4.69, 9.17) is 15.0 Å². The predicted octanol–water partition coefficient (Wildman–Crippen LogP) is -2.81. The normalized spacial score (nSPS) is 24.8. The van der Waals surface area contributed by atoms with Gasteiger partial charge in [0.15, 0.2) is 23.7 Å². The molecule has 1 unspecified atom stereocenters. The van der Waals surface area contributed by atoms with Crippen LogP contribution in [0.4, 0.5) is 5.82 Å². The fourth-order valence-corrected chi connectivity index (χ4v) is 4.45. The highest BCUT2D eigenvalue weighted by Crippen LogP contribution is 2.36.